The molecule has 0 radical (unpaired) electrons. The number of sulfonamides is 1. The molecule has 0 aromatic carbocycles. The van der Waals surface area contributed by atoms with Crippen LogP contribution in [0, 0.1) is 0 Å². The Hall–Kier alpha value is -1.35. The van der Waals surface area contributed by atoms with Gasteiger partial charge in [-0.1, -0.05) is 0 Å². The van der Waals surface area contributed by atoms with Gasteiger partial charge in [0, 0.05) is 18.8 Å². The first-order chi connectivity index (χ1) is 9.72. The zero-order chi connectivity index (χ0) is 15.7. The van der Waals surface area contributed by atoms with Crippen LogP contribution in [0.1, 0.15) is 18.9 Å². The number of nitrogens with zero attached hydrogens (tertiary/aromatic N) is 2. The molecule has 2 rings (SSSR count). The number of hydrogen-bond acceptors (Lipinski definition) is 4. The monoisotopic (exact) mass is 324 g/mol. The first-order valence-corrected chi connectivity index (χ1v) is 8.01. The molecule has 1 aromatic heterocycles. The van der Waals surface area contributed by atoms with Crippen LogP contribution in [-0.2, 0) is 16.2 Å². The minimum absolute atomic E-state index is 0.0124. The van der Waals surface area contributed by atoms with Gasteiger partial charge < -0.3 is 4.74 Å². The summed E-state index contributed by atoms with van der Waals surface area (Å²) in [5, 5.41) is 0. The van der Waals surface area contributed by atoms with Crippen LogP contribution in [-0.4, -0.2) is 42.7 Å². The SMILES string of the molecule is CCS(=O)(=O)N1CCC(Oc2cc(C(F)(F)F)ccn2)C1. The average molecular weight is 324 g/mol. The topological polar surface area (TPSA) is 59.5 Å². The molecule has 118 valence electrons. The van der Waals surface area contributed by atoms with Gasteiger partial charge in [-0.25, -0.2) is 13.4 Å². The van der Waals surface area contributed by atoms with Crippen LogP contribution >= 0.6 is 0 Å². The van der Waals surface area contributed by atoms with Gasteiger partial charge in [-0.05, 0) is 19.4 Å². The second-order valence-electron chi connectivity index (χ2n) is 4.67. The van der Waals surface area contributed by atoms with E-state index in [4.69, 9.17) is 4.74 Å². The highest BCUT2D eigenvalue weighted by molar-refractivity contribution is 7.89. The van der Waals surface area contributed by atoms with Crippen molar-refractivity contribution in [3.63, 3.8) is 0 Å². The van der Waals surface area contributed by atoms with Crippen molar-refractivity contribution in [2.24, 2.45) is 0 Å². The molecular weight excluding hydrogens is 309 g/mol. The standard InChI is InChI=1S/C12H15F3N2O3S/c1-2-21(18,19)17-6-4-10(8-17)20-11-7-9(3-5-16-11)12(13,14)15/h3,5,7,10H,2,4,6,8H2,1H3. The highest BCUT2D eigenvalue weighted by Gasteiger charge is 2.33. The minimum Gasteiger partial charge on any atom is -0.473 e. The Kier molecular flexibility index (Phi) is 4.43. The minimum atomic E-state index is -4.46. The Morgan fingerprint density at radius 3 is 2.81 bits per heavy atom. The van der Waals surface area contributed by atoms with Crippen molar-refractivity contribution in [3.8, 4) is 5.88 Å². The largest absolute Gasteiger partial charge is 0.473 e. The molecule has 0 bridgehead atoms. The highest BCUT2D eigenvalue weighted by Crippen LogP contribution is 2.31. The smallest absolute Gasteiger partial charge is 0.416 e. The molecule has 1 fully saturated rings. The lowest BCUT2D eigenvalue weighted by Gasteiger charge is -2.16. The second kappa shape index (κ2) is 5.80. The summed E-state index contributed by atoms with van der Waals surface area (Å²) in [5.41, 5.74) is -0.844. The van der Waals surface area contributed by atoms with Gasteiger partial charge in [-0.3, -0.25) is 0 Å². The molecule has 1 aliphatic heterocycles. The summed E-state index contributed by atoms with van der Waals surface area (Å²) in [4.78, 5) is 3.73. The van der Waals surface area contributed by atoms with Gasteiger partial charge in [-0.2, -0.15) is 17.5 Å². The Bertz CT molecular complexity index is 604. The highest BCUT2D eigenvalue weighted by atomic mass is 32.2. The molecule has 1 atom stereocenters. The fourth-order valence-electron chi connectivity index (χ4n) is 2.05. The van der Waals surface area contributed by atoms with Crippen LogP contribution in [0.4, 0.5) is 13.2 Å². The summed E-state index contributed by atoms with van der Waals surface area (Å²) in [5.74, 6) is -0.160. The molecule has 1 unspecified atom stereocenters. The zero-order valence-corrected chi connectivity index (χ0v) is 12.1. The fraction of sp³-hybridized carbons (Fsp3) is 0.583. The van der Waals surface area contributed by atoms with Crippen molar-refractivity contribution in [1.29, 1.82) is 0 Å². The molecule has 1 aromatic rings. The summed E-state index contributed by atoms with van der Waals surface area (Å²) in [6.07, 6.45) is -3.50. The fourth-order valence-corrected chi connectivity index (χ4v) is 3.19. The van der Waals surface area contributed by atoms with Crippen molar-refractivity contribution >= 4 is 10.0 Å². The maximum Gasteiger partial charge on any atom is 0.416 e. The van der Waals surface area contributed by atoms with Crippen LogP contribution in [0.5, 0.6) is 5.88 Å². The normalized spacial score (nSPS) is 20.7. The average Bonchev–Trinajstić information content (AvgIpc) is 2.87. The lowest BCUT2D eigenvalue weighted by atomic mass is 10.2. The molecule has 0 amide bonds. The van der Waals surface area contributed by atoms with Crippen molar-refractivity contribution in [2.75, 3.05) is 18.8 Å². The van der Waals surface area contributed by atoms with E-state index in [9.17, 15) is 21.6 Å². The lowest BCUT2D eigenvalue weighted by Crippen LogP contribution is -2.32. The summed E-state index contributed by atoms with van der Waals surface area (Å²) >= 11 is 0. The number of alkyl halides is 3. The molecule has 9 heteroatoms. The molecule has 0 saturated carbocycles. The third kappa shape index (κ3) is 3.85. The van der Waals surface area contributed by atoms with E-state index in [1.807, 2.05) is 0 Å². The van der Waals surface area contributed by atoms with Crippen LogP contribution < -0.4 is 4.74 Å². The van der Waals surface area contributed by atoms with E-state index < -0.39 is 27.9 Å². The summed E-state index contributed by atoms with van der Waals surface area (Å²) < 4.78 is 67.8. The van der Waals surface area contributed by atoms with Gasteiger partial charge in [0.1, 0.15) is 6.10 Å². The molecule has 0 spiro atoms. The van der Waals surface area contributed by atoms with Gasteiger partial charge in [0.2, 0.25) is 15.9 Å². The second-order valence-corrected chi connectivity index (χ2v) is 6.93. The molecule has 1 aliphatic rings. The number of pyridine rings is 1. The molecular formula is C12H15F3N2O3S. The maximum atomic E-state index is 12.6. The van der Waals surface area contributed by atoms with Crippen molar-refractivity contribution in [2.45, 2.75) is 25.6 Å². The maximum absolute atomic E-state index is 12.6. The summed E-state index contributed by atoms with van der Waals surface area (Å²) in [6, 6.07) is 1.67. The number of ether oxygens (including phenoxy) is 1. The van der Waals surface area contributed by atoms with E-state index in [0.717, 1.165) is 18.3 Å². The molecule has 1 saturated heterocycles. The molecule has 2 heterocycles. The van der Waals surface area contributed by atoms with Crippen LogP contribution in [0.25, 0.3) is 0 Å². The Labute approximate surface area is 120 Å². The number of hydrogen-bond donors (Lipinski definition) is 0. The molecule has 21 heavy (non-hydrogen) atoms. The van der Waals surface area contributed by atoms with Crippen LogP contribution in [0.15, 0.2) is 18.3 Å². The van der Waals surface area contributed by atoms with Gasteiger partial charge >= 0.3 is 6.18 Å². The third-order valence-electron chi connectivity index (χ3n) is 3.22. The van der Waals surface area contributed by atoms with Crippen LogP contribution in [0.3, 0.4) is 0 Å². The summed E-state index contributed by atoms with van der Waals surface area (Å²) in [7, 11) is -3.30. The van der Waals surface area contributed by atoms with E-state index >= 15 is 0 Å². The predicted octanol–water partition coefficient (Wildman–Crippen LogP) is 1.90. The molecule has 0 N–H and O–H groups in total. The van der Waals surface area contributed by atoms with Gasteiger partial charge in [0.15, 0.2) is 0 Å². The number of aromatic nitrogens is 1. The molecule has 0 aliphatic carbocycles. The van der Waals surface area contributed by atoms with E-state index in [1.165, 1.54) is 11.2 Å². The van der Waals surface area contributed by atoms with Crippen LogP contribution in [0.2, 0.25) is 0 Å². The quantitative estimate of drug-likeness (QED) is 0.849. The first kappa shape index (κ1) is 16.0. The Morgan fingerprint density at radius 1 is 1.48 bits per heavy atom. The van der Waals surface area contributed by atoms with Gasteiger partial charge in [-0.15, -0.1) is 0 Å². The number of rotatable bonds is 4. The van der Waals surface area contributed by atoms with Gasteiger partial charge in [0.05, 0.1) is 17.9 Å². The van der Waals surface area contributed by atoms with E-state index in [1.54, 1.807) is 0 Å². The molecule has 5 nitrogen and oxygen atoms in total. The Balaban J connectivity index is 2.04. The number of halogens is 3. The van der Waals surface area contributed by atoms with Crippen molar-refractivity contribution < 1.29 is 26.3 Å². The first-order valence-electron chi connectivity index (χ1n) is 6.40. The van der Waals surface area contributed by atoms with Crippen molar-refractivity contribution in [3.05, 3.63) is 23.9 Å². The van der Waals surface area contributed by atoms with E-state index in [0.29, 0.717) is 13.0 Å². The third-order valence-corrected chi connectivity index (χ3v) is 5.06. The summed E-state index contributed by atoms with van der Waals surface area (Å²) in [6.45, 7) is 1.98. The van der Waals surface area contributed by atoms with E-state index in [2.05, 4.69) is 4.98 Å². The Morgan fingerprint density at radius 2 is 2.19 bits per heavy atom. The van der Waals surface area contributed by atoms with E-state index in [-0.39, 0.29) is 18.2 Å². The lowest BCUT2D eigenvalue weighted by molar-refractivity contribution is -0.137. The predicted molar refractivity (Wildman–Crippen MR) is 69.3 cm³/mol. The zero-order valence-electron chi connectivity index (χ0n) is 11.3. The van der Waals surface area contributed by atoms with Crippen molar-refractivity contribution in [1.82, 2.24) is 9.29 Å². The van der Waals surface area contributed by atoms with Gasteiger partial charge in [0.25, 0.3) is 0 Å².